The Morgan fingerprint density at radius 2 is 0.812 bits per heavy atom. The van der Waals surface area contributed by atoms with E-state index in [1.54, 1.807) is 0 Å². The Morgan fingerprint density at radius 3 is 1.50 bits per heavy atom. The summed E-state index contributed by atoms with van der Waals surface area (Å²) in [4.78, 5) is 2.33. The van der Waals surface area contributed by atoms with Gasteiger partial charge in [0.1, 0.15) is 11.2 Å². The van der Waals surface area contributed by atoms with Gasteiger partial charge < -0.3 is 9.32 Å². The van der Waals surface area contributed by atoms with Crippen LogP contribution in [0.1, 0.15) is 0 Å². The third kappa shape index (κ3) is 5.01. The van der Waals surface area contributed by atoms with Crippen molar-refractivity contribution in [3.8, 4) is 33.4 Å². The van der Waals surface area contributed by atoms with Crippen LogP contribution in [0.3, 0.4) is 0 Å². The highest BCUT2D eigenvalue weighted by Gasteiger charge is 2.18. The molecule has 1 aromatic heterocycles. The molecule has 0 spiro atoms. The predicted molar refractivity (Wildman–Crippen MR) is 202 cm³/mol. The van der Waals surface area contributed by atoms with Crippen LogP contribution >= 0.6 is 0 Å². The zero-order chi connectivity index (χ0) is 31.9. The van der Waals surface area contributed by atoms with Gasteiger partial charge in [0, 0.05) is 33.9 Å². The van der Waals surface area contributed by atoms with Crippen LogP contribution in [0.25, 0.3) is 66.1 Å². The van der Waals surface area contributed by atoms with Gasteiger partial charge in [-0.1, -0.05) is 133 Å². The van der Waals surface area contributed by atoms with Gasteiger partial charge in [-0.15, -0.1) is 0 Å². The summed E-state index contributed by atoms with van der Waals surface area (Å²) < 4.78 is 6.54. The molecule has 48 heavy (non-hydrogen) atoms. The SMILES string of the molecule is c1ccc(-c2ccc(N(c3ccc(-c4ccccc4)c(-c4ccccc4)c3)c3ccc4c(c3)oc3cc5ccccc5cc34)cc2)cc1. The Labute approximate surface area is 279 Å². The highest BCUT2D eigenvalue weighted by atomic mass is 16.3. The predicted octanol–water partition coefficient (Wildman–Crippen LogP) is 13.2. The fourth-order valence-electron chi connectivity index (χ4n) is 6.87. The molecule has 0 saturated heterocycles. The summed E-state index contributed by atoms with van der Waals surface area (Å²) in [6.07, 6.45) is 0. The molecule has 0 radical (unpaired) electrons. The van der Waals surface area contributed by atoms with E-state index in [9.17, 15) is 0 Å². The van der Waals surface area contributed by atoms with Gasteiger partial charge in [-0.25, -0.2) is 0 Å². The summed E-state index contributed by atoms with van der Waals surface area (Å²) in [5.74, 6) is 0. The molecule has 2 nitrogen and oxygen atoms in total. The molecule has 0 unspecified atom stereocenters. The van der Waals surface area contributed by atoms with E-state index in [2.05, 4.69) is 193 Å². The zero-order valence-electron chi connectivity index (χ0n) is 26.3. The highest BCUT2D eigenvalue weighted by molar-refractivity contribution is 6.11. The van der Waals surface area contributed by atoms with Crippen molar-refractivity contribution >= 4 is 49.8 Å². The minimum atomic E-state index is 0.868. The number of anilines is 3. The van der Waals surface area contributed by atoms with Gasteiger partial charge in [-0.3, -0.25) is 0 Å². The van der Waals surface area contributed by atoms with Gasteiger partial charge in [-0.05, 0) is 92.7 Å². The van der Waals surface area contributed by atoms with Gasteiger partial charge in [0.05, 0.1) is 0 Å². The number of nitrogens with zero attached hydrogens (tertiary/aromatic N) is 1. The first kappa shape index (κ1) is 27.9. The second kappa shape index (κ2) is 11.8. The van der Waals surface area contributed by atoms with Crippen molar-refractivity contribution in [2.45, 2.75) is 0 Å². The Morgan fingerprint density at radius 1 is 0.312 bits per heavy atom. The summed E-state index contributed by atoms with van der Waals surface area (Å²) in [5, 5.41) is 4.64. The van der Waals surface area contributed by atoms with E-state index < -0.39 is 0 Å². The molecule has 8 aromatic carbocycles. The molecule has 9 rings (SSSR count). The van der Waals surface area contributed by atoms with Crippen molar-refractivity contribution < 1.29 is 4.42 Å². The van der Waals surface area contributed by atoms with Crippen LogP contribution in [0.2, 0.25) is 0 Å². The maximum atomic E-state index is 6.54. The van der Waals surface area contributed by atoms with E-state index in [1.807, 2.05) is 0 Å². The average molecular weight is 614 g/mol. The van der Waals surface area contributed by atoms with Gasteiger partial charge in [0.15, 0.2) is 0 Å². The number of hydrogen-bond acceptors (Lipinski definition) is 2. The number of benzene rings is 8. The molecule has 0 aliphatic rings. The molecular formula is C46H31NO. The van der Waals surface area contributed by atoms with E-state index in [4.69, 9.17) is 4.42 Å². The maximum absolute atomic E-state index is 6.54. The third-order valence-corrected chi connectivity index (χ3v) is 9.24. The second-order valence-electron chi connectivity index (χ2n) is 12.2. The second-order valence-corrected chi connectivity index (χ2v) is 12.2. The van der Waals surface area contributed by atoms with Crippen molar-refractivity contribution in [2.24, 2.45) is 0 Å². The van der Waals surface area contributed by atoms with E-state index in [-0.39, 0.29) is 0 Å². The molecule has 0 bridgehead atoms. The summed E-state index contributed by atoms with van der Waals surface area (Å²) in [5.41, 5.74) is 12.1. The van der Waals surface area contributed by atoms with E-state index in [0.717, 1.165) is 39.0 Å². The molecule has 2 heteroatoms. The van der Waals surface area contributed by atoms with Crippen molar-refractivity contribution in [1.82, 2.24) is 0 Å². The molecule has 0 saturated carbocycles. The molecule has 9 aromatic rings. The smallest absolute Gasteiger partial charge is 0.137 e. The first-order chi connectivity index (χ1) is 23.8. The lowest BCUT2D eigenvalue weighted by molar-refractivity contribution is 0.669. The highest BCUT2D eigenvalue weighted by Crippen LogP contribution is 2.43. The number of rotatable bonds is 6. The molecule has 0 N–H and O–H groups in total. The Kier molecular flexibility index (Phi) is 6.84. The van der Waals surface area contributed by atoms with Gasteiger partial charge in [0.25, 0.3) is 0 Å². The van der Waals surface area contributed by atoms with Gasteiger partial charge in [0.2, 0.25) is 0 Å². The number of hydrogen-bond donors (Lipinski definition) is 0. The van der Waals surface area contributed by atoms with Gasteiger partial charge in [-0.2, -0.15) is 0 Å². The quantitative estimate of drug-likeness (QED) is 0.185. The minimum absolute atomic E-state index is 0.868. The van der Waals surface area contributed by atoms with Crippen LogP contribution in [0.5, 0.6) is 0 Å². The molecule has 0 fully saturated rings. The van der Waals surface area contributed by atoms with Crippen molar-refractivity contribution in [3.63, 3.8) is 0 Å². The standard InChI is InChI=1S/C46H31NO/c1-4-12-32(13-5-1)33-20-22-38(23-21-33)47(39-24-26-41(34-14-6-2-7-15-34)43(30-39)35-16-8-3-9-17-35)40-25-27-42-44-28-36-18-10-11-19-37(36)29-45(44)48-46(42)31-40/h1-31H. The fraction of sp³-hybridized carbons (Fsp3) is 0. The summed E-state index contributed by atoms with van der Waals surface area (Å²) in [6, 6.07) is 66.9. The maximum Gasteiger partial charge on any atom is 0.137 e. The van der Waals surface area contributed by atoms with Crippen LogP contribution in [0.15, 0.2) is 192 Å². The van der Waals surface area contributed by atoms with Crippen molar-refractivity contribution in [2.75, 3.05) is 4.90 Å². The van der Waals surface area contributed by atoms with Gasteiger partial charge >= 0.3 is 0 Å². The normalized spacial score (nSPS) is 11.3. The van der Waals surface area contributed by atoms with Crippen molar-refractivity contribution in [1.29, 1.82) is 0 Å². The minimum Gasteiger partial charge on any atom is -0.456 e. The van der Waals surface area contributed by atoms with Crippen LogP contribution < -0.4 is 4.90 Å². The number of fused-ring (bicyclic) bond motifs is 4. The molecule has 226 valence electrons. The molecule has 0 atom stereocenters. The monoisotopic (exact) mass is 613 g/mol. The third-order valence-electron chi connectivity index (χ3n) is 9.24. The van der Waals surface area contributed by atoms with Crippen LogP contribution in [0.4, 0.5) is 17.1 Å². The zero-order valence-corrected chi connectivity index (χ0v) is 26.3. The molecule has 0 aliphatic heterocycles. The lowest BCUT2D eigenvalue weighted by Gasteiger charge is -2.27. The summed E-state index contributed by atoms with van der Waals surface area (Å²) in [7, 11) is 0. The summed E-state index contributed by atoms with van der Waals surface area (Å²) >= 11 is 0. The Balaban J connectivity index is 1.23. The topological polar surface area (TPSA) is 16.4 Å². The molecule has 1 heterocycles. The van der Waals surface area contributed by atoms with E-state index >= 15 is 0 Å². The van der Waals surface area contributed by atoms with E-state index in [1.165, 1.54) is 44.2 Å². The lowest BCUT2D eigenvalue weighted by atomic mass is 9.93. The lowest BCUT2D eigenvalue weighted by Crippen LogP contribution is -2.10. The Hall–Kier alpha value is -6.38. The molecule has 0 aliphatic carbocycles. The van der Waals surface area contributed by atoms with Crippen molar-refractivity contribution in [3.05, 3.63) is 188 Å². The largest absolute Gasteiger partial charge is 0.456 e. The Bertz CT molecular complexity index is 2530. The summed E-state index contributed by atoms with van der Waals surface area (Å²) in [6.45, 7) is 0. The van der Waals surface area contributed by atoms with Crippen LogP contribution in [-0.4, -0.2) is 0 Å². The first-order valence-corrected chi connectivity index (χ1v) is 16.3. The number of furan rings is 1. The molecule has 0 amide bonds. The van der Waals surface area contributed by atoms with Crippen LogP contribution in [-0.2, 0) is 0 Å². The first-order valence-electron chi connectivity index (χ1n) is 16.3. The average Bonchev–Trinajstić information content (AvgIpc) is 3.52. The van der Waals surface area contributed by atoms with Crippen LogP contribution in [0, 0.1) is 0 Å². The molecular weight excluding hydrogens is 583 g/mol. The van der Waals surface area contributed by atoms with E-state index in [0.29, 0.717) is 0 Å². The fourth-order valence-corrected chi connectivity index (χ4v) is 6.87.